The van der Waals surface area contributed by atoms with Crippen LogP contribution in [-0.2, 0) is 10.2 Å². The van der Waals surface area contributed by atoms with E-state index in [0.29, 0.717) is 26.1 Å². The summed E-state index contributed by atoms with van der Waals surface area (Å²) >= 11 is 0. The molecule has 0 bridgehead atoms. The Labute approximate surface area is 144 Å². The summed E-state index contributed by atoms with van der Waals surface area (Å²) in [6.07, 6.45) is 2.60. The van der Waals surface area contributed by atoms with Crippen LogP contribution in [0.15, 0.2) is 30.3 Å². The van der Waals surface area contributed by atoms with E-state index in [1.54, 1.807) is 4.31 Å². The molecule has 2 aliphatic heterocycles. The Hall–Kier alpha value is -0.990. The summed E-state index contributed by atoms with van der Waals surface area (Å²) in [4.78, 5) is 2.24. The van der Waals surface area contributed by atoms with Crippen LogP contribution >= 0.6 is 0 Å². The van der Waals surface area contributed by atoms with Crippen molar-refractivity contribution in [2.24, 2.45) is 0 Å². The molecule has 1 aromatic rings. The minimum atomic E-state index is -3.42. The van der Waals surface area contributed by atoms with Crippen LogP contribution in [0, 0.1) is 0 Å². The van der Waals surface area contributed by atoms with E-state index < -0.39 is 10.2 Å². The zero-order chi connectivity index (χ0) is 17.0. The molecular weight excluding hydrogens is 326 g/mol. The molecule has 2 atom stereocenters. The Kier molecular flexibility index (Phi) is 5.89. The van der Waals surface area contributed by atoms with Gasteiger partial charge in [-0.05, 0) is 24.8 Å². The van der Waals surface area contributed by atoms with Crippen molar-refractivity contribution < 1.29 is 13.5 Å². The molecule has 24 heavy (non-hydrogen) atoms. The summed E-state index contributed by atoms with van der Waals surface area (Å²) in [7, 11) is -3.42. The van der Waals surface area contributed by atoms with E-state index in [1.807, 2.05) is 18.2 Å². The molecule has 3 rings (SSSR count). The third-order valence-corrected chi connectivity index (χ3v) is 6.61. The Morgan fingerprint density at radius 3 is 2.50 bits per heavy atom. The zero-order valence-corrected chi connectivity index (χ0v) is 14.8. The lowest BCUT2D eigenvalue weighted by molar-refractivity contribution is 0.245. The number of nitrogens with zero attached hydrogens (tertiary/aromatic N) is 2. The molecular formula is C17H27N3O3S. The molecule has 0 saturated carbocycles. The molecule has 0 radical (unpaired) electrons. The average molecular weight is 353 g/mol. The summed E-state index contributed by atoms with van der Waals surface area (Å²) in [5, 5.41) is 9.06. The molecule has 6 nitrogen and oxygen atoms in total. The van der Waals surface area contributed by atoms with Crippen molar-refractivity contribution in [1.29, 1.82) is 0 Å². The quantitative estimate of drug-likeness (QED) is 0.759. The van der Waals surface area contributed by atoms with Crippen molar-refractivity contribution in [1.82, 2.24) is 13.9 Å². The number of aliphatic hydroxyl groups excluding tert-OH is 1. The van der Waals surface area contributed by atoms with Crippen LogP contribution < -0.4 is 4.72 Å². The predicted molar refractivity (Wildman–Crippen MR) is 94.0 cm³/mol. The molecule has 0 aromatic heterocycles. The van der Waals surface area contributed by atoms with E-state index in [1.165, 1.54) is 0 Å². The highest BCUT2D eigenvalue weighted by atomic mass is 32.2. The molecule has 1 aromatic carbocycles. The molecule has 2 fully saturated rings. The monoisotopic (exact) mass is 353 g/mol. The molecule has 2 aliphatic rings. The average Bonchev–Trinajstić information content (AvgIpc) is 3.24. The Morgan fingerprint density at radius 1 is 1.12 bits per heavy atom. The van der Waals surface area contributed by atoms with Crippen LogP contribution in [0.1, 0.15) is 30.7 Å². The van der Waals surface area contributed by atoms with Crippen molar-refractivity contribution in [3.05, 3.63) is 35.9 Å². The van der Waals surface area contributed by atoms with E-state index in [9.17, 15) is 8.42 Å². The number of benzene rings is 1. The van der Waals surface area contributed by atoms with E-state index >= 15 is 0 Å². The predicted octanol–water partition coefficient (Wildman–Crippen LogP) is 0.767. The van der Waals surface area contributed by atoms with Crippen LogP contribution in [0.25, 0.3) is 0 Å². The highest BCUT2D eigenvalue weighted by molar-refractivity contribution is 7.87. The van der Waals surface area contributed by atoms with Gasteiger partial charge in [-0.25, -0.2) is 0 Å². The van der Waals surface area contributed by atoms with Crippen molar-refractivity contribution in [2.45, 2.75) is 31.2 Å². The van der Waals surface area contributed by atoms with Gasteiger partial charge < -0.3 is 10.0 Å². The lowest BCUT2D eigenvalue weighted by Crippen LogP contribution is -2.46. The third kappa shape index (κ3) is 4.15. The first-order chi connectivity index (χ1) is 11.6. The van der Waals surface area contributed by atoms with Crippen molar-refractivity contribution >= 4 is 10.2 Å². The Morgan fingerprint density at radius 2 is 1.83 bits per heavy atom. The first kappa shape index (κ1) is 17.8. The second-order valence-electron chi connectivity index (χ2n) is 6.69. The van der Waals surface area contributed by atoms with E-state index in [0.717, 1.165) is 31.5 Å². The maximum absolute atomic E-state index is 12.6. The minimum absolute atomic E-state index is 0.128. The van der Waals surface area contributed by atoms with E-state index in [2.05, 4.69) is 21.8 Å². The number of rotatable bonds is 7. The summed E-state index contributed by atoms with van der Waals surface area (Å²) in [5.41, 5.74) is 1.16. The third-order valence-electron chi connectivity index (χ3n) is 4.96. The fourth-order valence-corrected chi connectivity index (χ4v) is 5.22. The van der Waals surface area contributed by atoms with Gasteiger partial charge in [-0.3, -0.25) is 0 Å². The van der Waals surface area contributed by atoms with E-state index in [4.69, 9.17) is 5.11 Å². The molecule has 0 amide bonds. The molecule has 2 saturated heterocycles. The number of likely N-dealkylation sites (tertiary alicyclic amines) is 1. The normalized spacial score (nSPS) is 26.2. The first-order valence-electron chi connectivity index (χ1n) is 8.76. The maximum Gasteiger partial charge on any atom is 0.279 e. The molecule has 0 spiro atoms. The first-order valence-corrected chi connectivity index (χ1v) is 10.2. The van der Waals surface area contributed by atoms with E-state index in [-0.39, 0.29) is 18.6 Å². The summed E-state index contributed by atoms with van der Waals surface area (Å²) in [6.45, 7) is 3.70. The largest absolute Gasteiger partial charge is 0.396 e. The van der Waals surface area contributed by atoms with Gasteiger partial charge in [0, 0.05) is 51.3 Å². The topological polar surface area (TPSA) is 72.9 Å². The van der Waals surface area contributed by atoms with Gasteiger partial charge in [-0.2, -0.15) is 17.4 Å². The lowest BCUT2D eigenvalue weighted by atomic mass is 9.95. The summed E-state index contributed by atoms with van der Waals surface area (Å²) in [5.74, 6) is 0.141. The van der Waals surface area contributed by atoms with Crippen LogP contribution in [-0.4, -0.2) is 68.1 Å². The zero-order valence-electron chi connectivity index (χ0n) is 14.0. The van der Waals surface area contributed by atoms with Crippen molar-refractivity contribution in [2.75, 3.05) is 39.3 Å². The molecule has 2 N–H and O–H groups in total. The van der Waals surface area contributed by atoms with Crippen LogP contribution in [0.5, 0.6) is 0 Å². The molecule has 134 valence electrons. The fraction of sp³-hybridized carbons (Fsp3) is 0.647. The van der Waals surface area contributed by atoms with Crippen molar-refractivity contribution in [3.8, 4) is 0 Å². The molecule has 0 aliphatic carbocycles. The van der Waals surface area contributed by atoms with Crippen molar-refractivity contribution in [3.63, 3.8) is 0 Å². The van der Waals surface area contributed by atoms with Crippen LogP contribution in [0.4, 0.5) is 0 Å². The Balaban J connectivity index is 1.74. The van der Waals surface area contributed by atoms with Crippen LogP contribution in [0.3, 0.4) is 0 Å². The SMILES string of the molecule is O=S(=O)(N[C@H]1CN(CCCO)C[C@@H]1c1ccccc1)N1CCCC1. The summed E-state index contributed by atoms with van der Waals surface area (Å²) < 4.78 is 29.8. The van der Waals surface area contributed by atoms with Gasteiger partial charge in [0.15, 0.2) is 0 Å². The number of hydrogen-bond acceptors (Lipinski definition) is 4. The number of aliphatic hydroxyl groups is 1. The molecule has 7 heteroatoms. The second kappa shape index (κ2) is 7.93. The minimum Gasteiger partial charge on any atom is -0.396 e. The van der Waals surface area contributed by atoms with Gasteiger partial charge in [0.05, 0.1) is 0 Å². The number of hydrogen-bond donors (Lipinski definition) is 2. The smallest absolute Gasteiger partial charge is 0.279 e. The maximum atomic E-state index is 12.6. The van der Waals surface area contributed by atoms with Gasteiger partial charge in [0.2, 0.25) is 0 Å². The van der Waals surface area contributed by atoms with Gasteiger partial charge in [-0.1, -0.05) is 30.3 Å². The fourth-order valence-electron chi connectivity index (χ4n) is 3.71. The van der Waals surface area contributed by atoms with Crippen LogP contribution in [0.2, 0.25) is 0 Å². The van der Waals surface area contributed by atoms with Gasteiger partial charge in [0.1, 0.15) is 0 Å². The number of nitrogens with one attached hydrogen (secondary N) is 1. The highest BCUT2D eigenvalue weighted by Gasteiger charge is 2.37. The van der Waals surface area contributed by atoms with Gasteiger partial charge in [0.25, 0.3) is 10.2 Å². The second-order valence-corrected chi connectivity index (χ2v) is 8.39. The van der Waals surface area contributed by atoms with Gasteiger partial charge >= 0.3 is 0 Å². The Bertz CT molecular complexity index is 617. The summed E-state index contributed by atoms with van der Waals surface area (Å²) in [6, 6.07) is 9.98. The highest BCUT2D eigenvalue weighted by Crippen LogP contribution is 2.28. The molecule has 2 heterocycles. The molecule has 0 unspecified atom stereocenters. The standard InChI is InChI=1S/C17H27N3O3S/c21-12-6-9-19-13-16(15-7-2-1-3-8-15)17(14-19)18-24(22,23)20-10-4-5-11-20/h1-3,7-8,16-18,21H,4-6,9-14H2/t16-,17+/m1/s1. The lowest BCUT2D eigenvalue weighted by Gasteiger charge is -2.24. The van der Waals surface area contributed by atoms with Gasteiger partial charge in [-0.15, -0.1) is 0 Å².